The van der Waals surface area contributed by atoms with Gasteiger partial charge in [0.1, 0.15) is 5.58 Å². The minimum atomic E-state index is 0.403. The maximum atomic E-state index is 5.73. The minimum Gasteiger partial charge on any atom is -0.464 e. The fourth-order valence-corrected chi connectivity index (χ4v) is 3.15. The highest BCUT2D eigenvalue weighted by Gasteiger charge is 2.19. The lowest BCUT2D eigenvalue weighted by molar-refractivity contribution is 0.356. The van der Waals surface area contributed by atoms with Crippen LogP contribution in [0.5, 0.6) is 0 Å². The second kappa shape index (κ2) is 8.23. The van der Waals surface area contributed by atoms with E-state index in [-0.39, 0.29) is 0 Å². The molecule has 0 saturated heterocycles. The highest BCUT2D eigenvalue weighted by atomic mass is 16.3. The van der Waals surface area contributed by atoms with Gasteiger partial charge < -0.3 is 9.73 Å². The highest BCUT2D eigenvalue weighted by Crippen LogP contribution is 2.32. The standard InChI is InChI=1S/C19H29NO/c1-4-7-10-15(5-2)13-18(20-6-3)17-14-21-19-12-9-8-11-16(17)19/h8-9,11-12,14-15,18,20H,4-7,10,13H2,1-3H3. The number of furan rings is 1. The first-order valence-corrected chi connectivity index (χ1v) is 8.49. The van der Waals surface area contributed by atoms with Crippen LogP contribution in [0.2, 0.25) is 0 Å². The van der Waals surface area contributed by atoms with Gasteiger partial charge in [-0.05, 0) is 24.9 Å². The van der Waals surface area contributed by atoms with Crippen molar-refractivity contribution in [1.29, 1.82) is 0 Å². The van der Waals surface area contributed by atoms with Crippen LogP contribution in [0.1, 0.15) is 64.5 Å². The normalized spacial score (nSPS) is 14.4. The number of unbranched alkanes of at least 4 members (excludes halogenated alkanes) is 1. The Bertz CT molecular complexity index is 531. The summed E-state index contributed by atoms with van der Waals surface area (Å²) >= 11 is 0. The summed E-state index contributed by atoms with van der Waals surface area (Å²) in [4.78, 5) is 0. The number of nitrogens with one attached hydrogen (secondary N) is 1. The number of benzene rings is 1. The molecule has 2 heteroatoms. The van der Waals surface area contributed by atoms with E-state index in [4.69, 9.17) is 4.42 Å². The van der Waals surface area contributed by atoms with Gasteiger partial charge in [-0.15, -0.1) is 0 Å². The molecule has 0 aliphatic heterocycles. The van der Waals surface area contributed by atoms with Gasteiger partial charge >= 0.3 is 0 Å². The first-order valence-electron chi connectivity index (χ1n) is 8.49. The Labute approximate surface area is 128 Å². The summed E-state index contributed by atoms with van der Waals surface area (Å²) in [5.74, 6) is 0.794. The number of hydrogen-bond donors (Lipinski definition) is 1. The van der Waals surface area contributed by atoms with Gasteiger partial charge in [-0.2, -0.15) is 0 Å². The van der Waals surface area contributed by atoms with Gasteiger partial charge in [0.15, 0.2) is 0 Å². The molecule has 0 saturated carbocycles. The first kappa shape index (κ1) is 16.1. The van der Waals surface area contributed by atoms with Crippen LogP contribution < -0.4 is 5.32 Å². The third-order valence-corrected chi connectivity index (χ3v) is 4.45. The highest BCUT2D eigenvalue weighted by molar-refractivity contribution is 5.81. The molecule has 2 nitrogen and oxygen atoms in total. The molecule has 1 aromatic carbocycles. The molecule has 2 unspecified atom stereocenters. The Morgan fingerprint density at radius 3 is 2.67 bits per heavy atom. The Morgan fingerprint density at radius 2 is 1.95 bits per heavy atom. The van der Waals surface area contributed by atoms with Crippen molar-refractivity contribution < 1.29 is 4.42 Å². The monoisotopic (exact) mass is 287 g/mol. The van der Waals surface area contributed by atoms with E-state index in [9.17, 15) is 0 Å². The van der Waals surface area contributed by atoms with Gasteiger partial charge in [-0.1, -0.05) is 64.7 Å². The second-order valence-corrected chi connectivity index (χ2v) is 5.95. The van der Waals surface area contributed by atoms with Crippen LogP contribution in [0.15, 0.2) is 34.9 Å². The summed E-state index contributed by atoms with van der Waals surface area (Å²) in [5, 5.41) is 4.92. The summed E-state index contributed by atoms with van der Waals surface area (Å²) in [7, 11) is 0. The third kappa shape index (κ3) is 4.10. The molecular weight excluding hydrogens is 258 g/mol. The van der Waals surface area contributed by atoms with Crippen LogP contribution in [0.25, 0.3) is 11.0 Å². The van der Waals surface area contributed by atoms with Crippen molar-refractivity contribution in [1.82, 2.24) is 5.32 Å². The predicted molar refractivity (Wildman–Crippen MR) is 90.6 cm³/mol. The van der Waals surface area contributed by atoms with Gasteiger partial charge in [-0.3, -0.25) is 0 Å². The van der Waals surface area contributed by atoms with Crippen LogP contribution in [0, 0.1) is 5.92 Å². The number of fused-ring (bicyclic) bond motifs is 1. The molecule has 0 bridgehead atoms. The fourth-order valence-electron chi connectivity index (χ4n) is 3.15. The average molecular weight is 287 g/mol. The Balaban J connectivity index is 2.17. The van der Waals surface area contributed by atoms with E-state index < -0.39 is 0 Å². The number of para-hydroxylation sites is 1. The molecule has 1 heterocycles. The van der Waals surface area contributed by atoms with E-state index in [1.54, 1.807) is 0 Å². The molecule has 1 N–H and O–H groups in total. The molecule has 1 aromatic heterocycles. The molecule has 0 amide bonds. The zero-order chi connectivity index (χ0) is 15.1. The third-order valence-electron chi connectivity index (χ3n) is 4.45. The molecule has 0 aliphatic rings. The van der Waals surface area contributed by atoms with Crippen molar-refractivity contribution in [2.75, 3.05) is 6.54 Å². The van der Waals surface area contributed by atoms with E-state index >= 15 is 0 Å². The molecule has 0 aliphatic carbocycles. The van der Waals surface area contributed by atoms with Crippen molar-refractivity contribution in [2.24, 2.45) is 5.92 Å². The summed E-state index contributed by atoms with van der Waals surface area (Å²) in [6.45, 7) is 7.77. The Morgan fingerprint density at radius 1 is 1.14 bits per heavy atom. The molecule has 21 heavy (non-hydrogen) atoms. The molecule has 2 aromatic rings. The number of rotatable bonds is 9. The average Bonchev–Trinajstić information content (AvgIpc) is 2.94. The lowest BCUT2D eigenvalue weighted by atomic mass is 9.89. The molecular formula is C19H29NO. The van der Waals surface area contributed by atoms with Crippen LogP contribution >= 0.6 is 0 Å². The largest absolute Gasteiger partial charge is 0.464 e. The van der Waals surface area contributed by atoms with E-state index in [1.807, 2.05) is 12.3 Å². The van der Waals surface area contributed by atoms with E-state index in [0.29, 0.717) is 6.04 Å². The van der Waals surface area contributed by atoms with Gasteiger partial charge in [0.25, 0.3) is 0 Å². The quantitative estimate of drug-likeness (QED) is 0.641. The van der Waals surface area contributed by atoms with Gasteiger partial charge in [0, 0.05) is 17.0 Å². The smallest absolute Gasteiger partial charge is 0.134 e. The molecule has 0 spiro atoms. The molecule has 0 fully saturated rings. The fraction of sp³-hybridized carbons (Fsp3) is 0.579. The molecule has 0 radical (unpaired) electrons. The summed E-state index contributed by atoms with van der Waals surface area (Å²) in [6.07, 6.45) is 8.38. The maximum Gasteiger partial charge on any atom is 0.134 e. The lowest BCUT2D eigenvalue weighted by Crippen LogP contribution is -2.23. The predicted octanol–water partition coefficient (Wildman–Crippen LogP) is 5.69. The first-order chi connectivity index (χ1) is 10.3. The van der Waals surface area contributed by atoms with Crippen molar-refractivity contribution >= 4 is 11.0 Å². The summed E-state index contributed by atoms with van der Waals surface area (Å²) < 4.78 is 5.73. The Hall–Kier alpha value is -1.28. The van der Waals surface area contributed by atoms with E-state index in [1.165, 1.54) is 43.1 Å². The molecule has 2 rings (SSSR count). The van der Waals surface area contributed by atoms with Crippen molar-refractivity contribution in [3.8, 4) is 0 Å². The van der Waals surface area contributed by atoms with Crippen LogP contribution in [0.3, 0.4) is 0 Å². The van der Waals surface area contributed by atoms with Crippen LogP contribution in [0.4, 0.5) is 0 Å². The van der Waals surface area contributed by atoms with Gasteiger partial charge in [0.2, 0.25) is 0 Å². The zero-order valence-corrected chi connectivity index (χ0v) is 13.7. The van der Waals surface area contributed by atoms with Gasteiger partial charge in [0.05, 0.1) is 6.26 Å². The minimum absolute atomic E-state index is 0.403. The van der Waals surface area contributed by atoms with Crippen LogP contribution in [-0.2, 0) is 0 Å². The lowest BCUT2D eigenvalue weighted by Gasteiger charge is -2.23. The van der Waals surface area contributed by atoms with Crippen molar-refractivity contribution in [2.45, 2.75) is 58.9 Å². The van der Waals surface area contributed by atoms with Crippen molar-refractivity contribution in [3.05, 3.63) is 36.1 Å². The van der Waals surface area contributed by atoms with Crippen molar-refractivity contribution in [3.63, 3.8) is 0 Å². The second-order valence-electron chi connectivity index (χ2n) is 5.95. The molecule has 2 atom stereocenters. The SMILES string of the molecule is CCCCC(CC)CC(NCC)c1coc2ccccc12. The summed E-state index contributed by atoms with van der Waals surface area (Å²) in [6, 6.07) is 8.76. The Kier molecular flexibility index (Phi) is 6.31. The van der Waals surface area contributed by atoms with Crippen LogP contribution in [-0.4, -0.2) is 6.54 Å². The topological polar surface area (TPSA) is 25.2 Å². The summed E-state index contributed by atoms with van der Waals surface area (Å²) in [5.41, 5.74) is 2.32. The van der Waals surface area contributed by atoms with Gasteiger partial charge in [-0.25, -0.2) is 0 Å². The zero-order valence-electron chi connectivity index (χ0n) is 13.7. The van der Waals surface area contributed by atoms with E-state index in [2.05, 4.69) is 44.3 Å². The maximum absolute atomic E-state index is 5.73. The van der Waals surface area contributed by atoms with E-state index in [0.717, 1.165) is 18.0 Å². The number of hydrogen-bond acceptors (Lipinski definition) is 2. The molecule has 116 valence electrons.